The number of carbonyl (C=O) groups excluding carboxylic acids is 1. The van der Waals surface area contributed by atoms with Crippen molar-refractivity contribution in [1.29, 1.82) is 0 Å². The summed E-state index contributed by atoms with van der Waals surface area (Å²) in [6.07, 6.45) is 0.645. The molecule has 0 aromatic heterocycles. The maximum Gasteiger partial charge on any atom is 0.315 e. The number of benzene rings is 2. The van der Waals surface area contributed by atoms with Gasteiger partial charge in [-0.3, -0.25) is 0 Å². The number of ether oxygens (including phenoxy) is 2. The lowest BCUT2D eigenvalue weighted by atomic mass is 10.1. The monoisotopic (exact) mass is 344 g/mol. The van der Waals surface area contributed by atoms with Gasteiger partial charge in [0.05, 0.1) is 6.04 Å². The molecule has 1 aliphatic heterocycles. The van der Waals surface area contributed by atoms with E-state index in [4.69, 9.17) is 9.47 Å². The second-order valence-corrected chi connectivity index (χ2v) is 5.90. The maximum absolute atomic E-state index is 12.9. The van der Waals surface area contributed by atoms with Crippen molar-refractivity contribution in [2.75, 3.05) is 19.8 Å². The Kier molecular flexibility index (Phi) is 5.38. The van der Waals surface area contributed by atoms with E-state index in [1.807, 2.05) is 25.1 Å². The largest absolute Gasteiger partial charge is 0.486 e. The summed E-state index contributed by atoms with van der Waals surface area (Å²) < 4.78 is 23.9. The normalized spacial score (nSPS) is 13.8. The van der Waals surface area contributed by atoms with E-state index in [9.17, 15) is 9.18 Å². The number of urea groups is 1. The fourth-order valence-corrected chi connectivity index (χ4v) is 2.63. The van der Waals surface area contributed by atoms with E-state index < -0.39 is 0 Å². The summed E-state index contributed by atoms with van der Waals surface area (Å²) in [5.74, 6) is 1.17. The lowest BCUT2D eigenvalue weighted by molar-refractivity contribution is 0.171. The molecule has 1 aliphatic rings. The Morgan fingerprint density at radius 1 is 1.12 bits per heavy atom. The lowest BCUT2D eigenvalue weighted by Gasteiger charge is -2.21. The van der Waals surface area contributed by atoms with Crippen molar-refractivity contribution in [3.8, 4) is 11.5 Å². The van der Waals surface area contributed by atoms with Gasteiger partial charge in [0.2, 0.25) is 0 Å². The first-order valence-corrected chi connectivity index (χ1v) is 8.30. The molecule has 132 valence electrons. The summed E-state index contributed by atoms with van der Waals surface area (Å²) in [6.45, 7) is 3.47. The Bertz CT molecular complexity index is 734. The van der Waals surface area contributed by atoms with Crippen LogP contribution >= 0.6 is 0 Å². The first-order valence-electron chi connectivity index (χ1n) is 8.30. The highest BCUT2D eigenvalue weighted by molar-refractivity contribution is 5.74. The van der Waals surface area contributed by atoms with Crippen LogP contribution in [0, 0.1) is 5.82 Å². The molecule has 0 bridgehead atoms. The zero-order valence-electron chi connectivity index (χ0n) is 14.0. The van der Waals surface area contributed by atoms with Crippen LogP contribution in [-0.4, -0.2) is 25.8 Å². The van der Waals surface area contributed by atoms with E-state index in [0.29, 0.717) is 31.9 Å². The minimum absolute atomic E-state index is 0.165. The van der Waals surface area contributed by atoms with Gasteiger partial charge in [0.15, 0.2) is 11.5 Å². The molecule has 6 heteroatoms. The molecule has 0 aliphatic carbocycles. The Morgan fingerprint density at radius 3 is 2.60 bits per heavy atom. The minimum Gasteiger partial charge on any atom is -0.486 e. The molecule has 25 heavy (non-hydrogen) atoms. The van der Waals surface area contributed by atoms with Crippen LogP contribution in [0.25, 0.3) is 0 Å². The van der Waals surface area contributed by atoms with Crippen LogP contribution in [0.15, 0.2) is 42.5 Å². The molecule has 0 spiro atoms. The third-order valence-corrected chi connectivity index (χ3v) is 4.03. The Labute approximate surface area is 146 Å². The van der Waals surface area contributed by atoms with Crippen LogP contribution in [0.4, 0.5) is 9.18 Å². The van der Waals surface area contributed by atoms with E-state index in [-0.39, 0.29) is 17.9 Å². The van der Waals surface area contributed by atoms with Gasteiger partial charge < -0.3 is 20.1 Å². The summed E-state index contributed by atoms with van der Waals surface area (Å²) in [6, 6.07) is 11.5. The fourth-order valence-electron chi connectivity index (χ4n) is 2.63. The van der Waals surface area contributed by atoms with Gasteiger partial charge in [0.1, 0.15) is 19.0 Å². The summed E-state index contributed by atoms with van der Waals surface area (Å²) in [5.41, 5.74) is 1.92. The van der Waals surface area contributed by atoms with E-state index in [1.165, 1.54) is 12.1 Å². The lowest BCUT2D eigenvalue weighted by Crippen LogP contribution is -2.38. The van der Waals surface area contributed by atoms with Crippen molar-refractivity contribution in [2.24, 2.45) is 0 Å². The van der Waals surface area contributed by atoms with Crippen LogP contribution in [-0.2, 0) is 6.42 Å². The summed E-state index contributed by atoms with van der Waals surface area (Å²) in [4.78, 5) is 12.0. The Hall–Kier alpha value is -2.76. The molecule has 3 rings (SSSR count). The highest BCUT2D eigenvalue weighted by Gasteiger charge is 2.15. The maximum atomic E-state index is 12.9. The third kappa shape index (κ3) is 4.62. The van der Waals surface area contributed by atoms with Crippen molar-refractivity contribution in [2.45, 2.75) is 19.4 Å². The van der Waals surface area contributed by atoms with E-state index in [1.54, 1.807) is 12.1 Å². The van der Waals surface area contributed by atoms with E-state index >= 15 is 0 Å². The number of amides is 2. The SMILES string of the molecule is CC(NC(=O)NCCc1ccc(F)cc1)c1ccc2c(c1)OCCO2. The number of rotatable bonds is 5. The van der Waals surface area contributed by atoms with Gasteiger partial charge in [-0.1, -0.05) is 18.2 Å². The summed E-state index contributed by atoms with van der Waals surface area (Å²) in [7, 11) is 0. The topological polar surface area (TPSA) is 59.6 Å². The molecular formula is C19H21FN2O3. The third-order valence-electron chi connectivity index (χ3n) is 4.03. The number of fused-ring (bicyclic) bond motifs is 1. The van der Waals surface area contributed by atoms with E-state index in [2.05, 4.69) is 10.6 Å². The predicted molar refractivity (Wildman–Crippen MR) is 92.5 cm³/mol. The van der Waals surface area contributed by atoms with Crippen molar-refractivity contribution in [3.63, 3.8) is 0 Å². The van der Waals surface area contributed by atoms with Gasteiger partial charge in [0, 0.05) is 6.54 Å². The van der Waals surface area contributed by atoms with Gasteiger partial charge in [-0.15, -0.1) is 0 Å². The molecule has 2 aromatic rings. The molecule has 0 radical (unpaired) electrons. The van der Waals surface area contributed by atoms with Crippen LogP contribution in [0.1, 0.15) is 24.1 Å². The Balaban J connectivity index is 1.48. The number of nitrogens with one attached hydrogen (secondary N) is 2. The minimum atomic E-state index is -0.261. The van der Waals surface area contributed by atoms with Gasteiger partial charge >= 0.3 is 6.03 Å². The highest BCUT2D eigenvalue weighted by Crippen LogP contribution is 2.32. The van der Waals surface area contributed by atoms with Crippen LogP contribution in [0.2, 0.25) is 0 Å². The highest BCUT2D eigenvalue weighted by atomic mass is 19.1. The number of hydrogen-bond acceptors (Lipinski definition) is 3. The fraction of sp³-hybridized carbons (Fsp3) is 0.316. The number of carbonyl (C=O) groups is 1. The molecular weight excluding hydrogens is 323 g/mol. The first kappa shape index (κ1) is 17.1. The molecule has 1 unspecified atom stereocenters. The average Bonchev–Trinajstić information content (AvgIpc) is 2.63. The average molecular weight is 344 g/mol. The van der Waals surface area contributed by atoms with Crippen LogP contribution in [0.5, 0.6) is 11.5 Å². The number of halogens is 1. The first-order chi connectivity index (χ1) is 12.1. The van der Waals surface area contributed by atoms with E-state index in [0.717, 1.165) is 16.9 Å². The molecule has 5 nitrogen and oxygen atoms in total. The standard InChI is InChI=1S/C19H21FN2O3/c1-13(15-4-7-17-18(12-15)25-11-10-24-17)22-19(23)21-9-8-14-2-5-16(20)6-3-14/h2-7,12-13H,8-11H2,1H3,(H2,21,22,23). The van der Waals surface area contributed by atoms with Crippen molar-refractivity contribution >= 4 is 6.03 Å². The van der Waals surface area contributed by atoms with Gasteiger partial charge in [0.25, 0.3) is 0 Å². The van der Waals surface area contributed by atoms with Gasteiger partial charge in [-0.2, -0.15) is 0 Å². The molecule has 0 saturated carbocycles. The number of hydrogen-bond donors (Lipinski definition) is 2. The van der Waals surface area contributed by atoms with Crippen LogP contribution < -0.4 is 20.1 Å². The van der Waals surface area contributed by atoms with Crippen molar-refractivity contribution < 1.29 is 18.7 Å². The zero-order chi connectivity index (χ0) is 17.6. The second-order valence-electron chi connectivity index (χ2n) is 5.90. The predicted octanol–water partition coefficient (Wildman–Crippen LogP) is 3.20. The molecule has 0 saturated heterocycles. The van der Waals surface area contributed by atoms with Gasteiger partial charge in [-0.25, -0.2) is 9.18 Å². The van der Waals surface area contributed by atoms with Crippen molar-refractivity contribution in [1.82, 2.24) is 10.6 Å². The smallest absolute Gasteiger partial charge is 0.315 e. The molecule has 2 amide bonds. The molecule has 2 N–H and O–H groups in total. The molecule has 1 atom stereocenters. The zero-order valence-corrected chi connectivity index (χ0v) is 14.0. The molecule has 0 fully saturated rings. The molecule has 2 aromatic carbocycles. The quantitative estimate of drug-likeness (QED) is 0.876. The summed E-state index contributed by atoms with van der Waals surface area (Å²) in [5, 5.41) is 5.70. The van der Waals surface area contributed by atoms with Gasteiger partial charge in [-0.05, 0) is 48.7 Å². The second kappa shape index (κ2) is 7.88. The summed E-state index contributed by atoms with van der Waals surface area (Å²) >= 11 is 0. The van der Waals surface area contributed by atoms with Crippen molar-refractivity contribution in [3.05, 3.63) is 59.4 Å². The molecule has 1 heterocycles. The van der Waals surface area contributed by atoms with Crippen LogP contribution in [0.3, 0.4) is 0 Å². The Morgan fingerprint density at radius 2 is 1.84 bits per heavy atom.